The van der Waals surface area contributed by atoms with Gasteiger partial charge in [0.2, 0.25) is 0 Å². The average Bonchev–Trinajstić information content (AvgIpc) is 2.48. The number of nitrogens with one attached hydrogen (secondary N) is 1. The van der Waals surface area contributed by atoms with Crippen LogP contribution >= 0.6 is 0 Å². The van der Waals surface area contributed by atoms with Gasteiger partial charge in [0.25, 0.3) is 0 Å². The Kier molecular flexibility index (Phi) is 4.00. The molecule has 0 unspecified atom stereocenters. The second kappa shape index (κ2) is 5.80. The van der Waals surface area contributed by atoms with Crippen molar-refractivity contribution in [3.05, 3.63) is 29.3 Å². The van der Waals surface area contributed by atoms with Crippen molar-refractivity contribution in [2.45, 2.75) is 51.3 Å². The summed E-state index contributed by atoms with van der Waals surface area (Å²) in [5, 5.41) is 12.5. The van der Waals surface area contributed by atoms with Crippen LogP contribution in [-0.2, 0) is 13.0 Å². The number of ether oxygens (including phenoxy) is 1. The molecule has 2 aliphatic rings. The van der Waals surface area contributed by atoms with Crippen LogP contribution in [0.2, 0.25) is 0 Å². The van der Waals surface area contributed by atoms with Crippen molar-refractivity contribution < 1.29 is 14.6 Å². The molecule has 0 aromatic heterocycles. The summed E-state index contributed by atoms with van der Waals surface area (Å²) in [5.74, 6) is 0.973. The smallest absolute Gasteiger partial charge is 0.407 e. The van der Waals surface area contributed by atoms with Crippen molar-refractivity contribution >= 4 is 6.09 Å². The molecule has 2 heterocycles. The van der Waals surface area contributed by atoms with Gasteiger partial charge in [0.1, 0.15) is 11.9 Å². The Labute approximate surface area is 131 Å². The molecule has 5 nitrogen and oxygen atoms in total. The van der Waals surface area contributed by atoms with Crippen LogP contribution in [0.25, 0.3) is 0 Å². The third-order valence-electron chi connectivity index (χ3n) is 4.61. The van der Waals surface area contributed by atoms with E-state index in [1.54, 1.807) is 0 Å². The van der Waals surface area contributed by atoms with E-state index in [4.69, 9.17) is 9.84 Å². The van der Waals surface area contributed by atoms with Gasteiger partial charge in [-0.15, -0.1) is 0 Å². The number of nitrogens with zero attached hydrogens (tertiary/aromatic N) is 1. The highest BCUT2D eigenvalue weighted by Crippen LogP contribution is 2.32. The minimum atomic E-state index is -0.830. The van der Waals surface area contributed by atoms with Crippen molar-refractivity contribution in [2.75, 3.05) is 13.1 Å². The van der Waals surface area contributed by atoms with Gasteiger partial charge in [0.05, 0.1) is 0 Å². The van der Waals surface area contributed by atoms with Gasteiger partial charge in [-0.2, -0.15) is 0 Å². The topological polar surface area (TPSA) is 61.8 Å². The highest BCUT2D eigenvalue weighted by molar-refractivity contribution is 5.65. The molecule has 0 spiro atoms. The number of amides is 1. The summed E-state index contributed by atoms with van der Waals surface area (Å²) in [6, 6.07) is 6.24. The first-order valence-electron chi connectivity index (χ1n) is 7.95. The number of benzene rings is 1. The number of rotatable bonds is 2. The van der Waals surface area contributed by atoms with Crippen molar-refractivity contribution in [3.63, 3.8) is 0 Å². The first-order chi connectivity index (χ1) is 10.4. The summed E-state index contributed by atoms with van der Waals surface area (Å²) in [5.41, 5.74) is 2.69. The molecule has 0 aliphatic carbocycles. The summed E-state index contributed by atoms with van der Waals surface area (Å²) < 4.78 is 6.23. The Morgan fingerprint density at radius 3 is 2.77 bits per heavy atom. The maximum Gasteiger partial charge on any atom is 0.407 e. The lowest BCUT2D eigenvalue weighted by Crippen LogP contribution is -2.45. The Balaban J connectivity index is 1.70. The van der Waals surface area contributed by atoms with Crippen LogP contribution in [0.4, 0.5) is 4.79 Å². The average molecular weight is 304 g/mol. The molecule has 1 amide bonds. The van der Waals surface area contributed by atoms with Crippen molar-refractivity contribution in [2.24, 2.45) is 0 Å². The zero-order valence-corrected chi connectivity index (χ0v) is 13.3. The molecule has 0 bridgehead atoms. The molecule has 0 atom stereocenters. The highest BCUT2D eigenvalue weighted by atomic mass is 16.5. The summed E-state index contributed by atoms with van der Waals surface area (Å²) in [6.07, 6.45) is 1.75. The van der Waals surface area contributed by atoms with Gasteiger partial charge in [-0.05, 0) is 31.9 Å². The van der Waals surface area contributed by atoms with E-state index in [1.165, 1.54) is 16.0 Å². The molecule has 5 heteroatoms. The second-order valence-electron chi connectivity index (χ2n) is 6.89. The normalized spacial score (nSPS) is 21.3. The van der Waals surface area contributed by atoms with E-state index in [-0.39, 0.29) is 11.6 Å². The molecule has 1 saturated heterocycles. The van der Waals surface area contributed by atoms with Crippen LogP contribution in [0.15, 0.2) is 18.2 Å². The number of carboxylic acid groups (broad SMARTS) is 1. The lowest BCUT2D eigenvalue weighted by Gasteiger charge is -2.35. The van der Waals surface area contributed by atoms with E-state index < -0.39 is 6.09 Å². The third kappa shape index (κ3) is 3.19. The summed E-state index contributed by atoms with van der Waals surface area (Å²) in [6.45, 7) is 6.40. The zero-order chi connectivity index (χ0) is 15.7. The predicted molar refractivity (Wildman–Crippen MR) is 84.3 cm³/mol. The van der Waals surface area contributed by atoms with E-state index in [2.05, 4.69) is 25.2 Å². The van der Waals surface area contributed by atoms with Crippen LogP contribution < -0.4 is 10.1 Å². The number of piperidine rings is 1. The predicted octanol–water partition coefficient (Wildman–Crippen LogP) is 2.63. The fourth-order valence-corrected chi connectivity index (χ4v) is 3.27. The van der Waals surface area contributed by atoms with Crippen molar-refractivity contribution in [1.82, 2.24) is 10.2 Å². The molecular weight excluding hydrogens is 280 g/mol. The minimum Gasteiger partial charge on any atom is -0.490 e. The molecule has 1 fully saturated rings. The Morgan fingerprint density at radius 2 is 2.09 bits per heavy atom. The molecule has 0 radical (unpaired) electrons. The standard InChI is InChI=1S/C17H24N2O3/c1-17(2)10-14-12(11-18-17)4-3-5-15(14)22-13-6-8-19(9-7-13)16(20)21/h3-5,13,18H,6-11H2,1-2H3,(H,20,21). The quantitative estimate of drug-likeness (QED) is 0.882. The van der Waals surface area contributed by atoms with E-state index in [0.29, 0.717) is 13.1 Å². The molecule has 1 aromatic rings. The minimum absolute atomic E-state index is 0.0825. The molecule has 120 valence electrons. The molecule has 2 N–H and O–H groups in total. The molecule has 22 heavy (non-hydrogen) atoms. The van der Waals surface area contributed by atoms with E-state index >= 15 is 0 Å². The van der Waals surface area contributed by atoms with Gasteiger partial charge >= 0.3 is 6.09 Å². The van der Waals surface area contributed by atoms with Gasteiger partial charge in [0, 0.05) is 43.6 Å². The number of carbonyl (C=O) groups is 1. The number of fused-ring (bicyclic) bond motifs is 1. The Hall–Kier alpha value is -1.75. The van der Waals surface area contributed by atoms with Crippen LogP contribution in [0, 0.1) is 0 Å². The molecule has 2 aliphatic heterocycles. The first-order valence-corrected chi connectivity index (χ1v) is 7.95. The number of hydrogen-bond acceptors (Lipinski definition) is 3. The monoisotopic (exact) mass is 304 g/mol. The van der Waals surface area contributed by atoms with E-state index in [1.807, 2.05) is 12.1 Å². The van der Waals surface area contributed by atoms with Crippen LogP contribution in [-0.4, -0.2) is 40.8 Å². The third-order valence-corrected chi connectivity index (χ3v) is 4.61. The van der Waals surface area contributed by atoms with E-state index in [9.17, 15) is 4.79 Å². The largest absolute Gasteiger partial charge is 0.490 e. The number of likely N-dealkylation sites (tertiary alicyclic amines) is 1. The molecule has 1 aromatic carbocycles. The molecule has 0 saturated carbocycles. The van der Waals surface area contributed by atoms with Gasteiger partial charge in [-0.1, -0.05) is 12.1 Å². The summed E-state index contributed by atoms with van der Waals surface area (Å²) in [7, 11) is 0. The molecular formula is C17H24N2O3. The summed E-state index contributed by atoms with van der Waals surface area (Å²) in [4.78, 5) is 12.4. The van der Waals surface area contributed by atoms with Crippen molar-refractivity contribution in [1.29, 1.82) is 0 Å². The first kappa shape index (κ1) is 15.2. The summed E-state index contributed by atoms with van der Waals surface area (Å²) >= 11 is 0. The fraction of sp³-hybridized carbons (Fsp3) is 0.588. The SMILES string of the molecule is CC1(C)Cc2c(cccc2OC2CCN(C(=O)O)CC2)CN1. The maximum absolute atomic E-state index is 11.0. The number of hydrogen-bond donors (Lipinski definition) is 2. The van der Waals surface area contributed by atoms with Crippen LogP contribution in [0.1, 0.15) is 37.8 Å². The lowest BCUT2D eigenvalue weighted by molar-refractivity contribution is 0.0885. The van der Waals surface area contributed by atoms with Gasteiger partial charge in [-0.25, -0.2) is 4.79 Å². The van der Waals surface area contributed by atoms with Gasteiger partial charge in [-0.3, -0.25) is 0 Å². The maximum atomic E-state index is 11.0. The van der Waals surface area contributed by atoms with E-state index in [0.717, 1.165) is 31.6 Å². The van der Waals surface area contributed by atoms with Gasteiger partial charge < -0.3 is 20.1 Å². The Morgan fingerprint density at radius 1 is 1.36 bits per heavy atom. The second-order valence-corrected chi connectivity index (χ2v) is 6.89. The van der Waals surface area contributed by atoms with Gasteiger partial charge in [0.15, 0.2) is 0 Å². The van der Waals surface area contributed by atoms with Crippen molar-refractivity contribution in [3.8, 4) is 5.75 Å². The van der Waals surface area contributed by atoms with Crippen LogP contribution in [0.5, 0.6) is 5.75 Å². The fourth-order valence-electron chi connectivity index (χ4n) is 3.27. The lowest BCUT2D eigenvalue weighted by atomic mass is 9.87. The zero-order valence-electron chi connectivity index (χ0n) is 13.3. The highest BCUT2D eigenvalue weighted by Gasteiger charge is 2.29. The Bertz CT molecular complexity index is 563. The molecule has 3 rings (SSSR count). The van der Waals surface area contributed by atoms with Crippen LogP contribution in [0.3, 0.4) is 0 Å².